The number of nitriles is 1. The predicted octanol–water partition coefficient (Wildman–Crippen LogP) is 4.30. The summed E-state index contributed by atoms with van der Waals surface area (Å²) >= 11 is 0. The molecule has 8 nitrogen and oxygen atoms in total. The molecule has 0 fully saturated rings. The van der Waals surface area contributed by atoms with Gasteiger partial charge in [0.25, 0.3) is 0 Å². The molecule has 0 saturated heterocycles. The average molecular weight is 410 g/mol. The van der Waals surface area contributed by atoms with Crippen LogP contribution in [0.25, 0.3) is 0 Å². The molecule has 1 unspecified atom stereocenters. The summed E-state index contributed by atoms with van der Waals surface area (Å²) in [4.78, 5) is 28.6. The van der Waals surface area contributed by atoms with Gasteiger partial charge in [0.2, 0.25) is 11.8 Å². The van der Waals surface area contributed by atoms with Crippen molar-refractivity contribution in [1.29, 1.82) is 5.26 Å². The Morgan fingerprint density at radius 3 is 2.50 bits per heavy atom. The number of carbonyl (C=O) groups is 2. The van der Waals surface area contributed by atoms with Crippen molar-refractivity contribution in [1.82, 2.24) is 10.3 Å². The summed E-state index contributed by atoms with van der Waals surface area (Å²) in [7, 11) is 0. The maximum Gasteiger partial charge on any atom is 0.408 e. The molecule has 2 amide bonds. The number of nitrogens with one attached hydrogen (secondary N) is 2. The average Bonchev–Trinajstić information content (AvgIpc) is 2.67. The predicted molar refractivity (Wildman–Crippen MR) is 112 cm³/mol. The third-order valence-electron chi connectivity index (χ3n) is 3.94. The minimum atomic E-state index is -0.739. The molecule has 0 spiro atoms. The zero-order chi connectivity index (χ0) is 22.3. The molecular weight excluding hydrogens is 384 g/mol. The molecule has 158 valence electrons. The molecule has 2 aromatic rings. The van der Waals surface area contributed by atoms with E-state index in [1.165, 1.54) is 6.20 Å². The van der Waals surface area contributed by atoms with Gasteiger partial charge in [-0.2, -0.15) is 5.26 Å². The monoisotopic (exact) mass is 410 g/mol. The Labute approximate surface area is 176 Å². The second-order valence-electron chi connectivity index (χ2n) is 7.68. The van der Waals surface area contributed by atoms with Crippen LogP contribution < -0.4 is 15.4 Å². The molecule has 1 aromatic heterocycles. The van der Waals surface area contributed by atoms with Crippen LogP contribution in [0.5, 0.6) is 11.6 Å². The van der Waals surface area contributed by atoms with Gasteiger partial charge in [0.1, 0.15) is 17.4 Å². The van der Waals surface area contributed by atoms with Crippen LogP contribution in [0.1, 0.15) is 45.2 Å². The second-order valence-corrected chi connectivity index (χ2v) is 7.68. The van der Waals surface area contributed by atoms with E-state index in [1.54, 1.807) is 58.0 Å². The third-order valence-corrected chi connectivity index (χ3v) is 3.94. The minimum Gasteiger partial charge on any atom is -0.444 e. The van der Waals surface area contributed by atoms with Gasteiger partial charge in [0.15, 0.2) is 0 Å². The minimum absolute atomic E-state index is 0.347. The van der Waals surface area contributed by atoms with Gasteiger partial charge in [-0.25, -0.2) is 9.78 Å². The lowest BCUT2D eigenvalue weighted by atomic mass is 10.1. The molecule has 2 N–H and O–H groups in total. The Morgan fingerprint density at radius 2 is 1.97 bits per heavy atom. The number of aromatic nitrogens is 1. The van der Waals surface area contributed by atoms with Crippen LogP contribution in [0.2, 0.25) is 0 Å². The fraction of sp³-hybridized carbons (Fsp3) is 0.364. The Kier molecular flexibility index (Phi) is 7.37. The number of aryl methyl sites for hydroxylation is 1. The summed E-state index contributed by atoms with van der Waals surface area (Å²) in [5.74, 6) is 0.562. The molecule has 8 heteroatoms. The van der Waals surface area contributed by atoms with Crippen LogP contribution in [0, 0.1) is 18.3 Å². The lowest BCUT2D eigenvalue weighted by Crippen LogP contribution is -2.45. The van der Waals surface area contributed by atoms with Gasteiger partial charge in [-0.1, -0.05) is 6.92 Å². The van der Waals surface area contributed by atoms with Gasteiger partial charge in [-0.05, 0) is 63.9 Å². The summed E-state index contributed by atoms with van der Waals surface area (Å²) < 4.78 is 10.9. The van der Waals surface area contributed by atoms with Crippen LogP contribution >= 0.6 is 0 Å². The number of alkyl carbamates (subject to hydrolysis) is 1. The van der Waals surface area contributed by atoms with Crippen LogP contribution in [0.3, 0.4) is 0 Å². The van der Waals surface area contributed by atoms with Crippen molar-refractivity contribution in [2.24, 2.45) is 0 Å². The molecular formula is C22H26N4O4. The van der Waals surface area contributed by atoms with E-state index in [2.05, 4.69) is 21.7 Å². The Hall–Kier alpha value is -3.60. The normalized spacial score (nSPS) is 11.7. The van der Waals surface area contributed by atoms with Crippen molar-refractivity contribution in [2.45, 2.75) is 52.7 Å². The highest BCUT2D eigenvalue weighted by molar-refractivity contribution is 5.96. The summed E-state index contributed by atoms with van der Waals surface area (Å²) in [6.07, 6.45) is 1.22. The highest BCUT2D eigenvalue weighted by atomic mass is 16.6. The van der Waals surface area contributed by atoms with E-state index in [0.717, 1.165) is 5.56 Å². The number of anilines is 1. The zero-order valence-corrected chi connectivity index (χ0v) is 17.8. The number of hydrogen-bond acceptors (Lipinski definition) is 6. The van der Waals surface area contributed by atoms with Crippen molar-refractivity contribution in [2.75, 3.05) is 5.32 Å². The molecule has 1 aromatic carbocycles. The lowest BCUT2D eigenvalue weighted by Gasteiger charge is -2.22. The number of rotatable bonds is 6. The first-order valence-electron chi connectivity index (χ1n) is 9.56. The molecule has 1 atom stereocenters. The van der Waals surface area contributed by atoms with Gasteiger partial charge >= 0.3 is 6.09 Å². The largest absolute Gasteiger partial charge is 0.444 e. The van der Waals surface area contributed by atoms with Crippen molar-refractivity contribution in [3.05, 3.63) is 47.7 Å². The quantitative estimate of drug-likeness (QED) is 0.734. The first-order chi connectivity index (χ1) is 14.1. The molecule has 30 heavy (non-hydrogen) atoms. The van der Waals surface area contributed by atoms with Crippen LogP contribution in [-0.4, -0.2) is 28.6 Å². The van der Waals surface area contributed by atoms with Crippen LogP contribution in [-0.2, 0) is 9.53 Å². The maximum atomic E-state index is 12.5. The highest BCUT2D eigenvalue weighted by Crippen LogP contribution is 2.25. The number of ether oxygens (including phenoxy) is 2. The Morgan fingerprint density at radius 1 is 1.23 bits per heavy atom. The third kappa shape index (κ3) is 6.78. The molecule has 0 aliphatic heterocycles. The van der Waals surface area contributed by atoms with E-state index in [-0.39, 0.29) is 5.91 Å². The first-order valence-corrected chi connectivity index (χ1v) is 9.56. The standard InChI is InChI=1S/C22H26N4O4/c1-6-17(26-21(28)30-22(3,4)5)20(27)25-16-8-10-19(24-13-16)29-18-9-7-15(12-23)11-14(18)2/h7-11,13,17H,6H2,1-5H3,(H,25,27)(H,26,28). The van der Waals surface area contributed by atoms with Crippen molar-refractivity contribution >= 4 is 17.7 Å². The number of benzene rings is 1. The van der Waals surface area contributed by atoms with Crippen LogP contribution in [0.4, 0.5) is 10.5 Å². The van der Waals surface area contributed by atoms with Gasteiger partial charge in [-0.15, -0.1) is 0 Å². The Balaban J connectivity index is 1.98. The van der Waals surface area contributed by atoms with E-state index >= 15 is 0 Å². The number of carbonyl (C=O) groups excluding carboxylic acids is 2. The molecule has 0 aliphatic carbocycles. The zero-order valence-electron chi connectivity index (χ0n) is 17.8. The molecule has 1 heterocycles. The van der Waals surface area contributed by atoms with E-state index in [0.29, 0.717) is 29.3 Å². The number of hydrogen-bond donors (Lipinski definition) is 2. The fourth-order valence-electron chi connectivity index (χ4n) is 2.49. The van der Waals surface area contributed by atoms with Crippen molar-refractivity contribution < 1.29 is 19.1 Å². The fourth-order valence-corrected chi connectivity index (χ4v) is 2.49. The van der Waals surface area contributed by atoms with E-state index in [1.807, 2.05) is 6.92 Å². The van der Waals surface area contributed by atoms with E-state index < -0.39 is 17.7 Å². The summed E-state index contributed by atoms with van der Waals surface area (Å²) in [6.45, 7) is 8.89. The molecule has 0 saturated carbocycles. The second kappa shape index (κ2) is 9.74. The van der Waals surface area contributed by atoms with Gasteiger partial charge < -0.3 is 20.1 Å². The van der Waals surface area contributed by atoms with E-state index in [4.69, 9.17) is 14.7 Å². The molecule has 0 bridgehead atoms. The number of pyridine rings is 1. The van der Waals surface area contributed by atoms with Crippen LogP contribution in [0.15, 0.2) is 36.5 Å². The topological polar surface area (TPSA) is 113 Å². The number of amides is 2. The number of nitrogens with zero attached hydrogens (tertiary/aromatic N) is 2. The van der Waals surface area contributed by atoms with Gasteiger partial charge in [0.05, 0.1) is 23.5 Å². The highest BCUT2D eigenvalue weighted by Gasteiger charge is 2.23. The molecule has 2 rings (SSSR count). The smallest absolute Gasteiger partial charge is 0.408 e. The summed E-state index contributed by atoms with van der Waals surface area (Å²) in [5.41, 5.74) is 1.18. The van der Waals surface area contributed by atoms with Gasteiger partial charge in [0, 0.05) is 6.07 Å². The van der Waals surface area contributed by atoms with E-state index in [9.17, 15) is 9.59 Å². The summed E-state index contributed by atoms with van der Waals surface area (Å²) in [6, 6.07) is 9.71. The molecule has 0 radical (unpaired) electrons. The van der Waals surface area contributed by atoms with Crippen molar-refractivity contribution in [3.63, 3.8) is 0 Å². The molecule has 0 aliphatic rings. The van der Waals surface area contributed by atoms with Crippen molar-refractivity contribution in [3.8, 4) is 17.7 Å². The summed E-state index contributed by atoms with van der Waals surface area (Å²) in [5, 5.41) is 14.2. The first kappa shape index (κ1) is 22.7. The SMILES string of the molecule is CCC(NC(=O)OC(C)(C)C)C(=O)Nc1ccc(Oc2ccc(C#N)cc2C)nc1. The Bertz CT molecular complexity index is 943. The van der Waals surface area contributed by atoms with Gasteiger partial charge in [-0.3, -0.25) is 4.79 Å². The maximum absolute atomic E-state index is 12.5. The lowest BCUT2D eigenvalue weighted by molar-refractivity contribution is -0.118.